The number of Topliss-reactive ketones (excluding diaryl/α,β-unsaturated/α-hetero) is 1. The van der Waals surface area contributed by atoms with Gasteiger partial charge in [-0.1, -0.05) is 52.3 Å². The van der Waals surface area contributed by atoms with Crippen LogP contribution in [0, 0.1) is 11.8 Å². The number of rotatable bonds is 20. The number of nitrogens with one attached hydrogen (secondary N) is 7. The molecule has 1 aromatic rings. The van der Waals surface area contributed by atoms with Crippen molar-refractivity contribution in [2.75, 3.05) is 13.7 Å². The van der Waals surface area contributed by atoms with E-state index in [0.29, 0.717) is 12.0 Å². The smallest absolute Gasteiger partial charge is 0.329 e. The second kappa shape index (κ2) is 30.1. The molecule has 26 heteroatoms. The molecule has 1 aromatic carbocycles. The Balaban J connectivity index is 2.23. The van der Waals surface area contributed by atoms with Gasteiger partial charge in [-0.15, -0.1) is 0 Å². The number of phenolic OH excluding ortho intramolecular Hbond substituents is 1. The van der Waals surface area contributed by atoms with Crippen LogP contribution >= 0.6 is 11.6 Å². The molecule has 2 heterocycles. The maximum absolute atomic E-state index is 14.8. The first-order valence-corrected chi connectivity index (χ1v) is 26.6. The Morgan fingerprint density at radius 3 is 2.04 bits per heavy atom. The van der Waals surface area contributed by atoms with E-state index in [0.717, 1.165) is 9.80 Å². The van der Waals surface area contributed by atoms with Gasteiger partial charge in [-0.05, 0) is 96.8 Å². The zero-order valence-electron chi connectivity index (χ0n) is 46.5. The third-order valence-electron chi connectivity index (χ3n) is 13.4. The number of fused-ring (bicyclic) bond motifs is 2. The first kappa shape index (κ1) is 65.8. The number of carbonyl (C=O) groups is 11. The molecule has 2 aliphatic rings. The SMILES string of the molecule is CCCC(=O)NC(C)C(=O)NC(C(=O)NC1C(=O)NC(CC(C)C)C(=O)NC2CCC(O)N(C2=O)C(C(C)O)C(=O)N(C)C(Cc2ccc(O)c(Cl)c2)C(=O)NC(C(C)C)C(=O)OC1C)C(C)OCCC(=O)NC(C)C(C)=O. The molecule has 13 atom stereocenters. The summed E-state index contributed by atoms with van der Waals surface area (Å²) >= 11 is 6.23. The van der Waals surface area contributed by atoms with Crippen LogP contribution in [0.2, 0.25) is 5.02 Å². The number of hydrogen-bond donors (Lipinski definition) is 10. The summed E-state index contributed by atoms with van der Waals surface area (Å²) in [5.74, 6) is -10.8. The highest BCUT2D eigenvalue weighted by Gasteiger charge is 2.47. The number of piperidine rings is 1. The Bertz CT molecular complexity index is 2350. The number of cyclic esters (lactones) is 1. The molecule has 25 nitrogen and oxygen atoms in total. The highest BCUT2D eigenvalue weighted by Crippen LogP contribution is 2.27. The molecule has 2 saturated heterocycles. The van der Waals surface area contributed by atoms with Gasteiger partial charge in [0.25, 0.3) is 0 Å². The van der Waals surface area contributed by atoms with E-state index < -0.39 is 144 Å². The third kappa shape index (κ3) is 18.6. The van der Waals surface area contributed by atoms with Crippen molar-refractivity contribution >= 4 is 76.5 Å². The second-order valence-corrected chi connectivity index (χ2v) is 21.2. The lowest BCUT2D eigenvalue weighted by Gasteiger charge is -2.43. The molecule has 2 bridgehead atoms. The number of ketones is 1. The highest BCUT2D eigenvalue weighted by molar-refractivity contribution is 6.32. The Morgan fingerprint density at radius 2 is 1.46 bits per heavy atom. The lowest BCUT2D eigenvalue weighted by atomic mass is 9.96. The van der Waals surface area contributed by atoms with Gasteiger partial charge < -0.3 is 71.8 Å². The first-order valence-electron chi connectivity index (χ1n) is 26.3. The van der Waals surface area contributed by atoms with Gasteiger partial charge in [0.05, 0.1) is 29.9 Å². The summed E-state index contributed by atoms with van der Waals surface area (Å²) in [7, 11) is 1.21. The van der Waals surface area contributed by atoms with Crippen molar-refractivity contribution in [3.8, 4) is 5.75 Å². The minimum atomic E-state index is -1.91. The van der Waals surface area contributed by atoms with Crippen molar-refractivity contribution in [1.29, 1.82) is 0 Å². The van der Waals surface area contributed by atoms with E-state index in [1.807, 2.05) is 0 Å². The predicted molar refractivity (Wildman–Crippen MR) is 281 cm³/mol. The van der Waals surface area contributed by atoms with Crippen molar-refractivity contribution in [2.45, 2.75) is 200 Å². The van der Waals surface area contributed by atoms with Crippen molar-refractivity contribution in [3.63, 3.8) is 0 Å². The fraction of sp³-hybridized carbons (Fsp3) is 0.673. The van der Waals surface area contributed by atoms with Crippen molar-refractivity contribution < 1.29 is 77.5 Å². The number of amides is 9. The number of aliphatic hydroxyl groups is 2. The van der Waals surface area contributed by atoms with Gasteiger partial charge >= 0.3 is 5.97 Å². The third-order valence-corrected chi connectivity index (χ3v) is 13.7. The number of aliphatic hydroxyl groups excluding tert-OH is 2. The van der Waals surface area contributed by atoms with Crippen LogP contribution in [0.4, 0.5) is 0 Å². The van der Waals surface area contributed by atoms with Gasteiger partial charge in [0, 0.05) is 26.3 Å². The molecule has 9 amide bonds. The summed E-state index contributed by atoms with van der Waals surface area (Å²) in [5.41, 5.74) is 0.314. The van der Waals surface area contributed by atoms with E-state index >= 15 is 0 Å². The maximum Gasteiger partial charge on any atom is 0.329 e. The van der Waals surface area contributed by atoms with Crippen LogP contribution in [0.5, 0.6) is 5.75 Å². The van der Waals surface area contributed by atoms with E-state index in [1.165, 1.54) is 66.8 Å². The number of carbonyl (C=O) groups excluding carboxylic acids is 11. The molecule has 2 aliphatic heterocycles. The molecule has 13 unspecified atom stereocenters. The zero-order valence-corrected chi connectivity index (χ0v) is 47.2. The molecular formula is C52H80ClN9O16. The van der Waals surface area contributed by atoms with Crippen LogP contribution in [0.3, 0.4) is 0 Å². The predicted octanol–water partition coefficient (Wildman–Crippen LogP) is -0.630. The molecule has 0 aliphatic carbocycles. The van der Waals surface area contributed by atoms with Gasteiger partial charge in [0.15, 0.2) is 5.78 Å². The average Bonchev–Trinajstić information content (AvgIpc) is 3.35. The summed E-state index contributed by atoms with van der Waals surface area (Å²) in [6.07, 6.45) is -6.78. The first-order chi connectivity index (χ1) is 36.4. The second-order valence-electron chi connectivity index (χ2n) is 20.8. The van der Waals surface area contributed by atoms with E-state index in [1.54, 1.807) is 34.6 Å². The van der Waals surface area contributed by atoms with Crippen LogP contribution < -0.4 is 37.2 Å². The average molecular weight is 1120 g/mol. The van der Waals surface area contributed by atoms with Gasteiger partial charge in [0.1, 0.15) is 66.4 Å². The molecule has 78 heavy (non-hydrogen) atoms. The summed E-state index contributed by atoms with van der Waals surface area (Å²) in [4.78, 5) is 154. The molecule has 0 spiro atoms. The van der Waals surface area contributed by atoms with Crippen LogP contribution in [0.1, 0.15) is 120 Å². The summed E-state index contributed by atoms with van der Waals surface area (Å²) in [6, 6.07) is -9.45. The molecule has 436 valence electrons. The van der Waals surface area contributed by atoms with Crippen molar-refractivity contribution in [3.05, 3.63) is 28.8 Å². The van der Waals surface area contributed by atoms with Gasteiger partial charge in [-0.3, -0.25) is 47.9 Å². The topological polar surface area (TPSA) is 358 Å². The number of likely N-dealkylation sites (N-methyl/N-ethyl adjacent to an activating group) is 1. The standard InChI is InChI=1S/C52H80ClN9O16/c1-13-14-38(66)55-27(7)45(69)59-42(30(10)77-20-19-39(67)54-26(6)28(8)63)49(73)60-43-31(11)78-52(76)41(25(4)5)58-47(71)36(23-32-15-17-37(65)33(53)22-32)61(12)51(75)44(29(9)64)62-40(68)18-16-34(50(62)74)56-46(70)35(21-24(2)3)57-48(43)72/h15,17,22,24-27,29-31,34-36,40-44,64-65,68H,13-14,16,18-21,23H2,1-12H3,(H,54,67)(H,55,66)(H,56,70)(H,57,72)(H,58,71)(H,59,69)(H,60,73). The van der Waals surface area contributed by atoms with Gasteiger partial charge in [0.2, 0.25) is 53.2 Å². The quantitative estimate of drug-likeness (QED) is 0.0727. The molecule has 2 fully saturated rings. The fourth-order valence-electron chi connectivity index (χ4n) is 8.66. The van der Waals surface area contributed by atoms with Crippen molar-refractivity contribution in [1.82, 2.24) is 47.0 Å². The van der Waals surface area contributed by atoms with Gasteiger partial charge in [-0.2, -0.15) is 0 Å². The van der Waals surface area contributed by atoms with E-state index in [-0.39, 0.29) is 67.6 Å². The number of halogens is 1. The Kier molecular flexibility index (Phi) is 25.4. The minimum Gasteiger partial charge on any atom is -0.506 e. The largest absolute Gasteiger partial charge is 0.506 e. The fourth-order valence-corrected chi connectivity index (χ4v) is 8.87. The highest BCUT2D eigenvalue weighted by atomic mass is 35.5. The Labute approximate surface area is 459 Å². The Hall–Kier alpha value is -6.44. The Morgan fingerprint density at radius 1 is 0.833 bits per heavy atom. The molecule has 10 N–H and O–H groups in total. The summed E-state index contributed by atoms with van der Waals surface area (Å²) in [5, 5.41) is 50.5. The summed E-state index contributed by atoms with van der Waals surface area (Å²) < 4.78 is 11.8. The van der Waals surface area contributed by atoms with Crippen LogP contribution in [0.15, 0.2) is 18.2 Å². The lowest BCUT2D eigenvalue weighted by Crippen LogP contribution is -2.67. The number of ether oxygens (including phenoxy) is 2. The molecule has 0 radical (unpaired) electrons. The van der Waals surface area contributed by atoms with Crippen LogP contribution in [0.25, 0.3) is 0 Å². The zero-order chi connectivity index (χ0) is 59.0. The van der Waals surface area contributed by atoms with Crippen LogP contribution in [-0.4, -0.2) is 183 Å². The van der Waals surface area contributed by atoms with Crippen molar-refractivity contribution in [2.24, 2.45) is 11.8 Å². The van der Waals surface area contributed by atoms with Gasteiger partial charge in [-0.25, -0.2) is 4.79 Å². The number of nitrogens with zero attached hydrogens (tertiary/aromatic N) is 2. The molecule has 0 saturated carbocycles. The van der Waals surface area contributed by atoms with E-state index in [9.17, 15) is 68.1 Å². The van der Waals surface area contributed by atoms with E-state index in [4.69, 9.17) is 21.1 Å². The molecule has 0 aromatic heterocycles. The molecule has 3 rings (SSSR count). The molecular weight excluding hydrogens is 1040 g/mol. The number of hydrogen-bond acceptors (Lipinski definition) is 16. The summed E-state index contributed by atoms with van der Waals surface area (Å²) in [6.45, 7) is 15.9. The van der Waals surface area contributed by atoms with Crippen LogP contribution in [-0.2, 0) is 68.6 Å². The number of phenols is 1. The minimum absolute atomic E-state index is 0.0711. The maximum atomic E-state index is 14.8. The van der Waals surface area contributed by atoms with E-state index in [2.05, 4.69) is 37.2 Å². The number of esters is 1. The monoisotopic (exact) mass is 1120 g/mol. The lowest BCUT2D eigenvalue weighted by molar-refractivity contribution is -0.170. The normalized spacial score (nSPS) is 24.9. The number of aromatic hydroxyl groups is 1. The number of benzene rings is 1.